The van der Waals surface area contributed by atoms with Crippen LogP contribution in [0.4, 0.5) is 23.7 Å². The van der Waals surface area contributed by atoms with E-state index in [2.05, 4.69) is 5.32 Å². The predicted molar refractivity (Wildman–Crippen MR) is 121 cm³/mol. The van der Waals surface area contributed by atoms with Crippen LogP contribution in [0.2, 0.25) is 5.02 Å². The Kier molecular flexibility index (Phi) is 7.01. The van der Waals surface area contributed by atoms with Crippen molar-refractivity contribution >= 4 is 39.1 Å². The minimum Gasteiger partial charge on any atom is -0.449 e. The monoisotopic (exact) mass is 530 g/mol. The van der Waals surface area contributed by atoms with E-state index in [-0.39, 0.29) is 45.5 Å². The molecule has 0 heterocycles. The van der Waals surface area contributed by atoms with Crippen molar-refractivity contribution in [1.29, 1.82) is 0 Å². The highest BCUT2D eigenvalue weighted by molar-refractivity contribution is 7.92. The number of anilines is 1. The van der Waals surface area contributed by atoms with Crippen molar-refractivity contribution in [3.05, 3.63) is 58.4 Å². The van der Waals surface area contributed by atoms with Gasteiger partial charge in [0, 0.05) is 23.4 Å². The van der Waals surface area contributed by atoms with Crippen molar-refractivity contribution in [1.82, 2.24) is 0 Å². The number of nitrogens with two attached hydrogens (primary N) is 1. The molecule has 2 aromatic rings. The average molecular weight is 531 g/mol. The second kappa shape index (κ2) is 9.69. The van der Waals surface area contributed by atoms with Gasteiger partial charge in [0.1, 0.15) is 0 Å². The first kappa shape index (κ1) is 25.3. The lowest BCUT2D eigenvalue weighted by molar-refractivity contribution is 0.102. The van der Waals surface area contributed by atoms with E-state index in [0.29, 0.717) is 37.8 Å². The highest BCUT2D eigenvalue weighted by Gasteiger charge is 2.50. The molecule has 7 nitrogen and oxygen atoms in total. The van der Waals surface area contributed by atoms with Crippen LogP contribution >= 0.6 is 11.6 Å². The molecule has 2 aliphatic rings. The maximum Gasteiger partial charge on any atom is 0.404 e. The van der Waals surface area contributed by atoms with Crippen LogP contribution in [0.15, 0.2) is 35.2 Å². The summed E-state index contributed by atoms with van der Waals surface area (Å²) in [5, 5.41) is 1.47. The second-order valence-electron chi connectivity index (χ2n) is 8.93. The van der Waals surface area contributed by atoms with Crippen molar-refractivity contribution < 1.29 is 35.9 Å². The van der Waals surface area contributed by atoms with Crippen molar-refractivity contribution in [2.24, 2.45) is 23.5 Å². The fraction of sp³-hybridized carbons (Fsp3) is 0.391. The molecule has 0 spiro atoms. The lowest BCUT2D eigenvalue weighted by atomic mass is 9.81. The summed E-state index contributed by atoms with van der Waals surface area (Å²) in [4.78, 5) is 23.4. The first-order chi connectivity index (χ1) is 16.5. The van der Waals surface area contributed by atoms with E-state index in [4.69, 9.17) is 22.1 Å². The van der Waals surface area contributed by atoms with Crippen LogP contribution in [0.1, 0.15) is 36.0 Å². The Balaban J connectivity index is 1.56. The summed E-state index contributed by atoms with van der Waals surface area (Å²) in [6, 6.07) is 4.90. The molecule has 188 valence electrons. The summed E-state index contributed by atoms with van der Waals surface area (Å²) in [6.07, 6.45) is 1.61. The second-order valence-corrected chi connectivity index (χ2v) is 11.4. The van der Waals surface area contributed by atoms with Crippen molar-refractivity contribution in [3.63, 3.8) is 0 Å². The van der Waals surface area contributed by atoms with Crippen LogP contribution in [0.3, 0.4) is 0 Å². The zero-order chi connectivity index (χ0) is 25.5. The topological polar surface area (TPSA) is 116 Å². The van der Waals surface area contributed by atoms with Gasteiger partial charge in [-0.25, -0.2) is 26.4 Å². The third kappa shape index (κ3) is 5.11. The van der Waals surface area contributed by atoms with E-state index < -0.39 is 44.5 Å². The fourth-order valence-electron chi connectivity index (χ4n) is 5.28. The zero-order valence-electron chi connectivity index (χ0n) is 18.3. The van der Waals surface area contributed by atoms with E-state index in [1.807, 2.05) is 0 Å². The van der Waals surface area contributed by atoms with Gasteiger partial charge in [-0.3, -0.25) is 4.79 Å². The average Bonchev–Trinajstić information content (AvgIpc) is 3.07. The summed E-state index contributed by atoms with van der Waals surface area (Å²) < 4.78 is 72.3. The Morgan fingerprint density at radius 1 is 1.06 bits per heavy atom. The number of ether oxygens (including phenoxy) is 1. The van der Waals surface area contributed by atoms with Gasteiger partial charge >= 0.3 is 6.09 Å². The third-order valence-corrected chi connectivity index (χ3v) is 9.55. The minimum absolute atomic E-state index is 0.00975. The van der Waals surface area contributed by atoms with Crippen LogP contribution in [-0.2, 0) is 14.6 Å². The number of rotatable bonds is 6. The number of hydrogen-bond donors (Lipinski definition) is 2. The van der Waals surface area contributed by atoms with Gasteiger partial charge < -0.3 is 15.8 Å². The molecule has 4 atom stereocenters. The molecule has 0 saturated heterocycles. The number of benzene rings is 2. The number of carbonyl (C=O) groups excluding carboxylic acids is 2. The van der Waals surface area contributed by atoms with Gasteiger partial charge in [0.05, 0.1) is 21.8 Å². The Bertz CT molecular complexity index is 1250. The molecule has 35 heavy (non-hydrogen) atoms. The molecule has 0 aliphatic heterocycles. The molecular weight excluding hydrogens is 509 g/mol. The number of hydrogen-bond acceptors (Lipinski definition) is 5. The van der Waals surface area contributed by atoms with E-state index >= 15 is 0 Å². The third-order valence-electron chi connectivity index (χ3n) is 6.67. The molecular formula is C23H22ClF3N2O5S. The summed E-state index contributed by atoms with van der Waals surface area (Å²) in [5.41, 5.74) is 4.60. The van der Waals surface area contributed by atoms with E-state index in [1.54, 1.807) is 0 Å². The molecule has 0 radical (unpaired) electrons. The molecule has 2 amide bonds. The summed E-state index contributed by atoms with van der Waals surface area (Å²) in [5.74, 6) is -5.81. The molecule has 0 aromatic heterocycles. The van der Waals surface area contributed by atoms with Gasteiger partial charge in [0.15, 0.2) is 27.3 Å². The highest BCUT2D eigenvalue weighted by atomic mass is 35.5. The van der Waals surface area contributed by atoms with Crippen LogP contribution in [-0.4, -0.2) is 32.3 Å². The first-order valence-corrected chi connectivity index (χ1v) is 12.8. The predicted octanol–water partition coefficient (Wildman–Crippen LogP) is 4.68. The molecule has 2 bridgehead atoms. The maximum atomic E-state index is 13.6. The molecule has 2 aromatic carbocycles. The molecule has 2 saturated carbocycles. The Morgan fingerprint density at radius 2 is 1.66 bits per heavy atom. The van der Waals surface area contributed by atoms with Gasteiger partial charge in [-0.2, -0.15) is 0 Å². The number of amides is 2. The lowest BCUT2D eigenvalue weighted by Crippen LogP contribution is -2.39. The zero-order valence-corrected chi connectivity index (χ0v) is 19.8. The first-order valence-electron chi connectivity index (χ1n) is 10.9. The Morgan fingerprint density at radius 3 is 2.23 bits per heavy atom. The largest absolute Gasteiger partial charge is 0.449 e. The van der Waals surface area contributed by atoms with Crippen LogP contribution in [0.5, 0.6) is 0 Å². The van der Waals surface area contributed by atoms with Crippen LogP contribution in [0.25, 0.3) is 0 Å². The Hall–Kier alpha value is -2.79. The number of carbonyl (C=O) groups is 2. The van der Waals surface area contributed by atoms with E-state index in [0.717, 1.165) is 6.07 Å². The van der Waals surface area contributed by atoms with E-state index in [1.165, 1.54) is 12.1 Å². The van der Waals surface area contributed by atoms with Gasteiger partial charge in [0.25, 0.3) is 5.91 Å². The summed E-state index contributed by atoms with van der Waals surface area (Å²) in [7, 11) is -3.95. The molecule has 3 N–H and O–H groups in total. The molecule has 4 rings (SSSR count). The fourth-order valence-corrected chi connectivity index (χ4v) is 8.15. The van der Waals surface area contributed by atoms with E-state index in [9.17, 15) is 31.2 Å². The van der Waals surface area contributed by atoms with Crippen LogP contribution in [0, 0.1) is 35.2 Å². The Labute approximate surface area is 204 Å². The van der Waals surface area contributed by atoms with Crippen molar-refractivity contribution in [3.8, 4) is 0 Å². The lowest BCUT2D eigenvalue weighted by Gasteiger charge is -2.34. The molecule has 2 aliphatic carbocycles. The van der Waals surface area contributed by atoms with Gasteiger partial charge in [0.2, 0.25) is 0 Å². The summed E-state index contributed by atoms with van der Waals surface area (Å²) >= 11 is 6.23. The van der Waals surface area contributed by atoms with Gasteiger partial charge in [-0.15, -0.1) is 0 Å². The number of halogens is 4. The van der Waals surface area contributed by atoms with Crippen molar-refractivity contribution in [2.45, 2.75) is 35.8 Å². The van der Waals surface area contributed by atoms with Crippen LogP contribution < -0.4 is 11.1 Å². The van der Waals surface area contributed by atoms with Crippen molar-refractivity contribution in [2.75, 3.05) is 11.9 Å². The number of sulfone groups is 1. The molecule has 1 unspecified atom stereocenters. The number of nitrogens with one attached hydrogen (secondary N) is 1. The SMILES string of the molecule is NC(=O)OC[C@@H]1CC2CC[C@@H](C1)[C@H]2S(=O)(=O)c1cc(C(=O)Nc2cc(F)c(F)c(F)c2)ccc1Cl. The maximum absolute atomic E-state index is 13.6. The van der Waals surface area contributed by atoms with Gasteiger partial charge in [-0.05, 0) is 61.6 Å². The van der Waals surface area contributed by atoms with Gasteiger partial charge in [-0.1, -0.05) is 11.6 Å². The number of fused-ring (bicyclic) bond motifs is 2. The normalized spacial score (nSPS) is 23.7. The summed E-state index contributed by atoms with van der Waals surface area (Å²) in [6.45, 7) is 0.135. The smallest absolute Gasteiger partial charge is 0.404 e. The quantitative estimate of drug-likeness (QED) is 0.526. The minimum atomic E-state index is -3.95. The standard InChI is InChI=1S/C23H22ClF3N2O5S/c24-16-4-3-14(22(30)29-15-8-17(25)20(27)18(26)9-15)7-19(16)35(32,33)21-12-1-2-13(21)6-11(5-12)10-34-23(28)31/h3-4,7-9,11-13,21H,1-2,5-6,10H2,(H2,28,31)(H,29,30)/t11-,12-,13?,21+/m0/s1. The molecule has 12 heteroatoms. The highest BCUT2D eigenvalue weighted by Crippen LogP contribution is 2.50. The number of primary amides is 1. The molecule has 2 fully saturated rings.